The van der Waals surface area contributed by atoms with Crippen LogP contribution in [0.25, 0.3) is 6.08 Å². The first-order chi connectivity index (χ1) is 9.33. The van der Waals surface area contributed by atoms with Crippen LogP contribution in [0.3, 0.4) is 0 Å². The lowest BCUT2D eigenvalue weighted by molar-refractivity contribution is 0.195. The van der Waals surface area contributed by atoms with E-state index >= 15 is 0 Å². The average Bonchev–Trinajstić information content (AvgIpc) is 2.44. The second-order valence-corrected chi connectivity index (χ2v) is 4.17. The lowest BCUT2D eigenvalue weighted by Crippen LogP contribution is -2.32. The van der Waals surface area contributed by atoms with E-state index < -0.39 is 0 Å². The molecule has 0 amide bonds. The van der Waals surface area contributed by atoms with Crippen molar-refractivity contribution in [3.05, 3.63) is 42.0 Å². The number of ether oxygens (including phenoxy) is 1. The first kappa shape index (κ1) is 15.3. The Bertz CT molecular complexity index is 418. The third-order valence-corrected chi connectivity index (χ3v) is 2.46. The highest BCUT2D eigenvalue weighted by atomic mass is 32.1. The van der Waals surface area contributed by atoms with Gasteiger partial charge in [-0.15, -0.1) is 0 Å². The summed E-state index contributed by atoms with van der Waals surface area (Å²) in [6.07, 6.45) is 6.40. The van der Waals surface area contributed by atoms with Crippen LogP contribution in [0.5, 0.6) is 0 Å². The summed E-state index contributed by atoms with van der Waals surface area (Å²) in [6.45, 7) is 1.49. The quantitative estimate of drug-likeness (QED) is 0.347. The normalized spacial score (nSPS) is 11.0. The summed E-state index contributed by atoms with van der Waals surface area (Å²) in [6, 6.07) is 10.0. The van der Waals surface area contributed by atoms with Crippen LogP contribution in [0.4, 0.5) is 0 Å². The van der Waals surface area contributed by atoms with Crippen LogP contribution in [0, 0.1) is 0 Å². The van der Waals surface area contributed by atoms with E-state index in [9.17, 15) is 0 Å². The fraction of sp³-hybridized carbons (Fsp3) is 0.286. The van der Waals surface area contributed by atoms with Gasteiger partial charge in [-0.3, -0.25) is 5.43 Å². The number of benzene rings is 1. The average molecular weight is 277 g/mol. The van der Waals surface area contributed by atoms with Crippen LogP contribution in [0.2, 0.25) is 0 Å². The molecule has 0 aromatic heterocycles. The number of hydrazone groups is 1. The molecule has 0 atom stereocenters. The molecule has 0 bridgehead atoms. The molecule has 5 heteroatoms. The molecule has 0 unspecified atom stereocenters. The van der Waals surface area contributed by atoms with Gasteiger partial charge in [0.15, 0.2) is 5.11 Å². The van der Waals surface area contributed by atoms with Crippen LogP contribution in [0.1, 0.15) is 12.0 Å². The molecule has 0 aliphatic heterocycles. The molecule has 0 aliphatic carbocycles. The molecule has 0 spiro atoms. The van der Waals surface area contributed by atoms with Gasteiger partial charge in [-0.2, -0.15) is 5.10 Å². The van der Waals surface area contributed by atoms with Gasteiger partial charge in [-0.25, -0.2) is 0 Å². The number of hydrogen-bond donors (Lipinski definition) is 2. The van der Waals surface area contributed by atoms with E-state index in [0.717, 1.165) is 25.1 Å². The monoisotopic (exact) mass is 277 g/mol. The lowest BCUT2D eigenvalue weighted by atomic mass is 10.2. The molecule has 19 heavy (non-hydrogen) atoms. The van der Waals surface area contributed by atoms with E-state index in [4.69, 9.17) is 17.0 Å². The summed E-state index contributed by atoms with van der Waals surface area (Å²) in [5, 5.41) is 7.53. The summed E-state index contributed by atoms with van der Waals surface area (Å²) in [4.78, 5) is 0. The highest BCUT2D eigenvalue weighted by Crippen LogP contribution is 1.99. The Morgan fingerprint density at radius 2 is 2.16 bits per heavy atom. The zero-order valence-corrected chi connectivity index (χ0v) is 11.8. The maximum atomic E-state index is 5.05. The highest BCUT2D eigenvalue weighted by Gasteiger charge is 1.91. The number of hydrogen-bond acceptors (Lipinski definition) is 3. The zero-order valence-electron chi connectivity index (χ0n) is 11.0. The maximum absolute atomic E-state index is 5.05. The van der Waals surface area contributed by atoms with Crippen LogP contribution >= 0.6 is 12.2 Å². The topological polar surface area (TPSA) is 45.6 Å². The number of methoxy groups -OCH3 is 1. The van der Waals surface area contributed by atoms with Gasteiger partial charge in [0.2, 0.25) is 0 Å². The molecule has 0 aliphatic rings. The molecular formula is C14H19N3OS. The molecule has 1 aromatic rings. The molecule has 2 N–H and O–H groups in total. The van der Waals surface area contributed by atoms with Gasteiger partial charge in [0.05, 0.1) is 0 Å². The number of allylic oxidation sites excluding steroid dienone is 1. The third-order valence-electron chi connectivity index (χ3n) is 2.23. The standard InChI is InChI=1S/C14H19N3OS/c1-18-12-6-10-15-14(19)17-16-11-5-9-13-7-3-2-4-8-13/h2-5,7-9,11H,6,10,12H2,1H3,(H2,15,17,19)/b9-5+,16-11-. The van der Waals surface area contributed by atoms with Crippen LogP contribution in [-0.4, -0.2) is 31.6 Å². The Balaban J connectivity index is 2.16. The minimum absolute atomic E-state index is 0.514. The Morgan fingerprint density at radius 3 is 2.89 bits per heavy atom. The molecule has 0 fully saturated rings. The van der Waals surface area contributed by atoms with Gasteiger partial charge in [0.25, 0.3) is 0 Å². The first-order valence-corrected chi connectivity index (χ1v) is 6.51. The van der Waals surface area contributed by atoms with Crippen LogP contribution in [-0.2, 0) is 4.74 Å². The van der Waals surface area contributed by atoms with Gasteiger partial charge in [-0.05, 0) is 30.3 Å². The van der Waals surface area contributed by atoms with Crippen molar-refractivity contribution in [2.75, 3.05) is 20.3 Å². The number of nitrogens with one attached hydrogen (secondary N) is 2. The van der Waals surface area contributed by atoms with Gasteiger partial charge >= 0.3 is 0 Å². The van der Waals surface area contributed by atoms with Crippen LogP contribution < -0.4 is 10.7 Å². The summed E-state index contributed by atoms with van der Waals surface area (Å²) < 4.78 is 4.94. The second kappa shape index (κ2) is 10.2. The Hall–Kier alpha value is -1.72. The van der Waals surface area contributed by atoms with Crippen molar-refractivity contribution in [1.29, 1.82) is 0 Å². The van der Waals surface area contributed by atoms with Crippen molar-refractivity contribution in [3.63, 3.8) is 0 Å². The van der Waals surface area contributed by atoms with Crippen molar-refractivity contribution in [3.8, 4) is 0 Å². The predicted molar refractivity (Wildman–Crippen MR) is 84.2 cm³/mol. The molecule has 0 radical (unpaired) electrons. The Kier molecular flexibility index (Phi) is 8.25. The molecule has 4 nitrogen and oxygen atoms in total. The maximum Gasteiger partial charge on any atom is 0.186 e. The van der Waals surface area contributed by atoms with E-state index in [1.54, 1.807) is 13.3 Å². The number of nitrogens with zero attached hydrogens (tertiary/aromatic N) is 1. The van der Waals surface area contributed by atoms with E-state index in [1.165, 1.54) is 0 Å². The van der Waals surface area contributed by atoms with E-state index in [1.807, 2.05) is 42.5 Å². The number of thiocarbonyl (C=S) groups is 1. The van der Waals surface area contributed by atoms with E-state index in [0.29, 0.717) is 5.11 Å². The second-order valence-electron chi connectivity index (χ2n) is 3.76. The minimum Gasteiger partial charge on any atom is -0.385 e. The summed E-state index contributed by atoms with van der Waals surface area (Å²) >= 11 is 5.05. The zero-order chi connectivity index (χ0) is 13.8. The minimum atomic E-state index is 0.514. The largest absolute Gasteiger partial charge is 0.385 e. The van der Waals surface area contributed by atoms with Gasteiger partial charge < -0.3 is 10.1 Å². The Morgan fingerprint density at radius 1 is 1.37 bits per heavy atom. The predicted octanol–water partition coefficient (Wildman–Crippen LogP) is 2.19. The SMILES string of the molecule is COCCCNC(=S)N/N=C\C=C\c1ccccc1. The van der Waals surface area contributed by atoms with Crippen molar-refractivity contribution >= 4 is 29.6 Å². The third kappa shape index (κ3) is 8.07. The first-order valence-electron chi connectivity index (χ1n) is 6.10. The van der Waals surface area contributed by atoms with Gasteiger partial charge in [0, 0.05) is 26.5 Å². The molecule has 1 rings (SSSR count). The molecule has 0 heterocycles. The Labute approximate surface area is 119 Å². The van der Waals surface area contributed by atoms with Crippen molar-refractivity contribution in [2.24, 2.45) is 5.10 Å². The molecule has 102 valence electrons. The van der Waals surface area contributed by atoms with E-state index in [2.05, 4.69) is 15.8 Å². The summed E-state index contributed by atoms with van der Waals surface area (Å²) in [5.41, 5.74) is 3.88. The van der Waals surface area contributed by atoms with Crippen molar-refractivity contribution in [2.45, 2.75) is 6.42 Å². The molecule has 0 saturated heterocycles. The van der Waals surface area contributed by atoms with Gasteiger partial charge in [0.1, 0.15) is 0 Å². The van der Waals surface area contributed by atoms with Crippen molar-refractivity contribution in [1.82, 2.24) is 10.7 Å². The summed E-state index contributed by atoms with van der Waals surface area (Å²) in [5.74, 6) is 0. The summed E-state index contributed by atoms with van der Waals surface area (Å²) in [7, 11) is 1.68. The fourth-order valence-electron chi connectivity index (χ4n) is 1.32. The van der Waals surface area contributed by atoms with E-state index in [-0.39, 0.29) is 0 Å². The molecular weight excluding hydrogens is 258 g/mol. The fourth-order valence-corrected chi connectivity index (χ4v) is 1.47. The lowest BCUT2D eigenvalue weighted by Gasteiger charge is -2.05. The van der Waals surface area contributed by atoms with Crippen LogP contribution in [0.15, 0.2) is 41.5 Å². The van der Waals surface area contributed by atoms with Gasteiger partial charge in [-0.1, -0.05) is 36.4 Å². The highest BCUT2D eigenvalue weighted by molar-refractivity contribution is 7.80. The molecule has 1 aromatic carbocycles. The molecule has 0 saturated carbocycles. The smallest absolute Gasteiger partial charge is 0.186 e. The number of rotatable bonds is 7. The van der Waals surface area contributed by atoms with Crippen molar-refractivity contribution < 1.29 is 4.74 Å².